The van der Waals surface area contributed by atoms with E-state index in [9.17, 15) is 0 Å². The molecule has 58 valence electrons. The Hall–Kier alpha value is -0.340. The summed E-state index contributed by atoms with van der Waals surface area (Å²) in [5, 5.41) is 2.07. The molecule has 0 saturated carbocycles. The predicted octanol–water partition coefficient (Wildman–Crippen LogP) is 2.28. The van der Waals surface area contributed by atoms with Gasteiger partial charge in [0.25, 0.3) is 0 Å². The van der Waals surface area contributed by atoms with E-state index in [0.29, 0.717) is 0 Å². The summed E-state index contributed by atoms with van der Waals surface area (Å²) in [6.07, 6.45) is 1.03. The van der Waals surface area contributed by atoms with E-state index in [4.69, 9.17) is 5.73 Å². The van der Waals surface area contributed by atoms with Crippen LogP contribution in [0.2, 0.25) is 0 Å². The second-order valence-corrected chi connectivity index (χ2v) is 2.65. The Bertz CT molecular complexity index is 135. The van der Waals surface area contributed by atoms with E-state index in [-0.39, 0.29) is 0 Å². The largest absolute Gasteiger partial charge is 0.330 e. The summed E-state index contributed by atoms with van der Waals surface area (Å²) in [6, 6.07) is 4.16. The molecular weight excluding hydrogens is 142 g/mol. The topological polar surface area (TPSA) is 26.0 Å². The zero-order valence-electron chi connectivity index (χ0n) is 6.63. The second kappa shape index (κ2) is 6.78. The summed E-state index contributed by atoms with van der Waals surface area (Å²) in [6.45, 7) is 4.76. The van der Waals surface area contributed by atoms with E-state index in [0.717, 1.165) is 13.0 Å². The lowest BCUT2D eigenvalue weighted by Gasteiger charge is -1.86. The molecule has 0 radical (unpaired) electrons. The van der Waals surface area contributed by atoms with Gasteiger partial charge in [-0.2, -0.15) is 0 Å². The van der Waals surface area contributed by atoms with Crippen LogP contribution in [0.3, 0.4) is 0 Å². The van der Waals surface area contributed by atoms with Gasteiger partial charge >= 0.3 is 0 Å². The summed E-state index contributed by atoms with van der Waals surface area (Å²) < 4.78 is 0. The molecule has 1 aromatic rings. The van der Waals surface area contributed by atoms with Gasteiger partial charge in [-0.25, -0.2) is 0 Å². The highest BCUT2D eigenvalue weighted by molar-refractivity contribution is 7.09. The van der Waals surface area contributed by atoms with Crippen molar-refractivity contribution >= 4 is 11.3 Å². The molecule has 0 fully saturated rings. The molecule has 0 aliphatic carbocycles. The van der Waals surface area contributed by atoms with Crippen molar-refractivity contribution in [3.63, 3.8) is 0 Å². The second-order valence-electron chi connectivity index (χ2n) is 1.62. The summed E-state index contributed by atoms with van der Waals surface area (Å²) in [4.78, 5) is 1.38. The lowest BCUT2D eigenvalue weighted by atomic mass is 10.3. The number of hydrogen-bond donors (Lipinski definition) is 1. The Balaban J connectivity index is 0.000000371. The smallest absolute Gasteiger partial charge is 0.00577 e. The Morgan fingerprint density at radius 1 is 1.50 bits per heavy atom. The number of nitrogens with two attached hydrogens (primary N) is 1. The van der Waals surface area contributed by atoms with Crippen LogP contribution in [-0.4, -0.2) is 6.54 Å². The third-order valence-electron chi connectivity index (χ3n) is 0.971. The first-order valence-electron chi connectivity index (χ1n) is 3.66. The van der Waals surface area contributed by atoms with Gasteiger partial charge < -0.3 is 5.73 Å². The molecule has 2 N–H and O–H groups in total. The van der Waals surface area contributed by atoms with Gasteiger partial charge in [0.1, 0.15) is 0 Å². The lowest BCUT2D eigenvalue weighted by Crippen LogP contribution is -2.00. The monoisotopic (exact) mass is 157 g/mol. The number of hydrogen-bond acceptors (Lipinski definition) is 2. The average Bonchev–Trinajstić information content (AvgIpc) is 2.46. The fraction of sp³-hybridized carbons (Fsp3) is 0.500. The van der Waals surface area contributed by atoms with E-state index in [1.165, 1.54) is 4.88 Å². The lowest BCUT2D eigenvalue weighted by molar-refractivity contribution is 0.989. The van der Waals surface area contributed by atoms with Crippen molar-refractivity contribution in [3.8, 4) is 0 Å². The zero-order valence-corrected chi connectivity index (χ0v) is 7.45. The van der Waals surface area contributed by atoms with Crippen LogP contribution in [0.25, 0.3) is 0 Å². The Labute approximate surface area is 66.9 Å². The average molecular weight is 157 g/mol. The molecule has 0 atom stereocenters. The summed E-state index contributed by atoms with van der Waals surface area (Å²) >= 11 is 1.77. The van der Waals surface area contributed by atoms with Crippen LogP contribution in [0.15, 0.2) is 17.5 Å². The molecule has 0 unspecified atom stereocenters. The van der Waals surface area contributed by atoms with E-state index >= 15 is 0 Å². The van der Waals surface area contributed by atoms with Crippen molar-refractivity contribution in [1.82, 2.24) is 0 Å². The van der Waals surface area contributed by atoms with Gasteiger partial charge in [0.05, 0.1) is 0 Å². The van der Waals surface area contributed by atoms with Crippen LogP contribution in [-0.2, 0) is 6.42 Å². The Kier molecular flexibility index (Phi) is 6.55. The Morgan fingerprint density at radius 2 is 2.20 bits per heavy atom. The highest BCUT2D eigenvalue weighted by atomic mass is 32.1. The van der Waals surface area contributed by atoms with Crippen LogP contribution >= 0.6 is 11.3 Å². The third kappa shape index (κ3) is 3.64. The fourth-order valence-electron chi connectivity index (χ4n) is 0.597. The van der Waals surface area contributed by atoms with Gasteiger partial charge in [0.2, 0.25) is 0 Å². The van der Waals surface area contributed by atoms with Gasteiger partial charge in [0.15, 0.2) is 0 Å². The molecule has 0 bridgehead atoms. The van der Waals surface area contributed by atoms with Crippen LogP contribution < -0.4 is 5.73 Å². The molecule has 0 saturated heterocycles. The molecule has 0 aliphatic rings. The van der Waals surface area contributed by atoms with Crippen LogP contribution in [0.4, 0.5) is 0 Å². The van der Waals surface area contributed by atoms with Crippen molar-refractivity contribution in [2.45, 2.75) is 20.3 Å². The van der Waals surface area contributed by atoms with Crippen molar-refractivity contribution in [2.24, 2.45) is 5.73 Å². The molecule has 10 heavy (non-hydrogen) atoms. The highest BCUT2D eigenvalue weighted by Gasteiger charge is 1.87. The van der Waals surface area contributed by atoms with Crippen molar-refractivity contribution in [1.29, 1.82) is 0 Å². The van der Waals surface area contributed by atoms with Crippen LogP contribution in [0.5, 0.6) is 0 Å². The Morgan fingerprint density at radius 3 is 2.60 bits per heavy atom. The van der Waals surface area contributed by atoms with Gasteiger partial charge in [-0.1, -0.05) is 19.9 Å². The molecule has 1 heterocycles. The molecular formula is C8H15NS. The predicted molar refractivity (Wildman–Crippen MR) is 48.4 cm³/mol. The van der Waals surface area contributed by atoms with E-state index < -0.39 is 0 Å². The summed E-state index contributed by atoms with van der Waals surface area (Å²) in [7, 11) is 0. The SMILES string of the molecule is CC.NCCc1cccs1. The van der Waals surface area contributed by atoms with Gasteiger partial charge in [-0.15, -0.1) is 11.3 Å². The normalized spacial score (nSPS) is 8.30. The first-order valence-corrected chi connectivity index (χ1v) is 4.54. The van der Waals surface area contributed by atoms with E-state index in [1.54, 1.807) is 11.3 Å². The fourth-order valence-corrected chi connectivity index (χ4v) is 1.32. The molecule has 2 heteroatoms. The molecule has 1 rings (SSSR count). The maximum Gasteiger partial charge on any atom is 0.00577 e. The first kappa shape index (κ1) is 9.66. The van der Waals surface area contributed by atoms with Gasteiger partial charge in [0, 0.05) is 4.88 Å². The van der Waals surface area contributed by atoms with Gasteiger partial charge in [-0.3, -0.25) is 0 Å². The van der Waals surface area contributed by atoms with Crippen LogP contribution in [0.1, 0.15) is 18.7 Å². The minimum atomic E-state index is 0.764. The molecule has 0 spiro atoms. The minimum Gasteiger partial charge on any atom is -0.330 e. The molecule has 0 aromatic carbocycles. The molecule has 0 amide bonds. The van der Waals surface area contributed by atoms with Crippen molar-refractivity contribution in [2.75, 3.05) is 6.54 Å². The quantitative estimate of drug-likeness (QED) is 0.700. The maximum atomic E-state index is 5.33. The molecule has 0 aliphatic heterocycles. The van der Waals surface area contributed by atoms with Crippen molar-refractivity contribution in [3.05, 3.63) is 22.4 Å². The standard InChI is InChI=1S/C6H9NS.C2H6/c7-4-3-6-2-1-5-8-6;1-2/h1-2,5H,3-4,7H2;1-2H3. The van der Waals surface area contributed by atoms with Crippen molar-refractivity contribution < 1.29 is 0 Å². The van der Waals surface area contributed by atoms with Crippen LogP contribution in [0, 0.1) is 0 Å². The van der Waals surface area contributed by atoms with E-state index in [2.05, 4.69) is 17.5 Å². The minimum absolute atomic E-state index is 0.764. The molecule has 1 nitrogen and oxygen atoms in total. The van der Waals surface area contributed by atoms with Gasteiger partial charge in [-0.05, 0) is 24.4 Å². The first-order chi connectivity index (χ1) is 4.93. The summed E-state index contributed by atoms with van der Waals surface area (Å²) in [5.74, 6) is 0. The zero-order chi connectivity index (χ0) is 7.82. The molecule has 1 aromatic heterocycles. The third-order valence-corrected chi connectivity index (χ3v) is 1.91. The highest BCUT2D eigenvalue weighted by Crippen LogP contribution is 2.07. The number of rotatable bonds is 2. The summed E-state index contributed by atoms with van der Waals surface area (Å²) in [5.41, 5.74) is 5.33. The number of thiophene rings is 1. The maximum absolute atomic E-state index is 5.33. The van der Waals surface area contributed by atoms with E-state index in [1.807, 2.05) is 13.8 Å².